The van der Waals surface area contributed by atoms with Crippen LogP contribution in [0, 0.1) is 15.2 Å². The van der Waals surface area contributed by atoms with Crippen molar-refractivity contribution in [1.29, 1.82) is 0 Å². The maximum Gasteiger partial charge on any atom is 0.409 e. The number of anilines is 1. The highest BCUT2D eigenvalue weighted by atomic mass is 127. The van der Waals surface area contributed by atoms with E-state index in [1.54, 1.807) is 0 Å². The predicted molar refractivity (Wildman–Crippen MR) is 125 cm³/mol. The molecule has 0 aliphatic carbocycles. The van der Waals surface area contributed by atoms with Crippen molar-refractivity contribution in [3.63, 3.8) is 0 Å². The second kappa shape index (κ2) is 9.49. The van der Waals surface area contributed by atoms with Crippen LogP contribution >= 0.6 is 22.6 Å². The highest BCUT2D eigenvalue weighted by molar-refractivity contribution is 14.1. The fraction of sp³-hybridized carbons (Fsp3) is 0.300. The van der Waals surface area contributed by atoms with E-state index in [2.05, 4.69) is 47.2 Å². The van der Waals surface area contributed by atoms with Gasteiger partial charge in [0.15, 0.2) is 17.4 Å². The van der Waals surface area contributed by atoms with Gasteiger partial charge in [0.25, 0.3) is 0 Å². The van der Waals surface area contributed by atoms with Gasteiger partial charge in [-0.1, -0.05) is 19.6 Å². The highest BCUT2D eigenvalue weighted by Gasteiger charge is 2.19. The largest absolute Gasteiger partial charge is 0.465 e. The Kier molecular flexibility index (Phi) is 7.16. The number of halogens is 3. The van der Waals surface area contributed by atoms with Crippen LogP contribution in [0.4, 0.5) is 19.3 Å². The average Bonchev–Trinajstić information content (AvgIpc) is 2.97. The van der Waals surface area contributed by atoms with Gasteiger partial charge in [-0.25, -0.2) is 18.6 Å². The van der Waals surface area contributed by atoms with E-state index in [4.69, 9.17) is 14.6 Å². The molecule has 2 aromatic heterocycles. The molecule has 31 heavy (non-hydrogen) atoms. The molecule has 0 radical (unpaired) electrons. The number of nitrogens with one attached hydrogen (secondary N) is 1. The lowest BCUT2D eigenvalue weighted by Gasteiger charge is -2.15. The molecular weight excluding hydrogens is 539 g/mol. The SMILES string of the molecule is C[Si](C)(C)CCOCn1cc(I)c2c(Oc3c(F)cc(NC(=O)O)cc3F)ccnc21. The van der Waals surface area contributed by atoms with Crippen LogP contribution in [-0.4, -0.2) is 35.4 Å². The van der Waals surface area contributed by atoms with Gasteiger partial charge < -0.3 is 19.1 Å². The summed E-state index contributed by atoms with van der Waals surface area (Å²) in [6.45, 7) is 7.78. The summed E-state index contributed by atoms with van der Waals surface area (Å²) in [5.41, 5.74) is 0.339. The van der Waals surface area contributed by atoms with Crippen LogP contribution < -0.4 is 10.1 Å². The molecule has 1 aromatic carbocycles. The number of carboxylic acid groups (broad SMARTS) is 1. The van der Waals surface area contributed by atoms with E-state index in [1.165, 1.54) is 12.3 Å². The molecule has 3 aromatic rings. The molecular formula is C20H22F2IN3O4Si. The van der Waals surface area contributed by atoms with Gasteiger partial charge in [-0.2, -0.15) is 0 Å². The molecule has 0 saturated heterocycles. The smallest absolute Gasteiger partial charge is 0.409 e. The van der Waals surface area contributed by atoms with Crippen LogP contribution in [0.25, 0.3) is 11.0 Å². The molecule has 0 spiro atoms. The molecule has 0 atom stereocenters. The second-order valence-corrected chi connectivity index (χ2v) is 14.9. The first-order valence-corrected chi connectivity index (χ1v) is 14.2. The van der Waals surface area contributed by atoms with Gasteiger partial charge >= 0.3 is 6.09 Å². The number of rotatable bonds is 8. The lowest BCUT2D eigenvalue weighted by atomic mass is 10.2. The zero-order valence-electron chi connectivity index (χ0n) is 17.2. The van der Waals surface area contributed by atoms with E-state index >= 15 is 0 Å². The van der Waals surface area contributed by atoms with Crippen LogP contribution in [0.1, 0.15) is 0 Å². The molecule has 2 heterocycles. The Balaban J connectivity index is 1.86. The summed E-state index contributed by atoms with van der Waals surface area (Å²) >= 11 is 2.10. The van der Waals surface area contributed by atoms with E-state index in [-0.39, 0.29) is 11.4 Å². The van der Waals surface area contributed by atoms with Crippen LogP contribution in [-0.2, 0) is 11.5 Å². The third-order valence-electron chi connectivity index (χ3n) is 4.36. The van der Waals surface area contributed by atoms with Gasteiger partial charge in [0.1, 0.15) is 18.1 Å². The first kappa shape index (κ1) is 23.4. The van der Waals surface area contributed by atoms with Crippen molar-refractivity contribution in [2.45, 2.75) is 32.4 Å². The van der Waals surface area contributed by atoms with Crippen molar-refractivity contribution in [2.75, 3.05) is 11.9 Å². The quantitative estimate of drug-likeness (QED) is 0.197. The summed E-state index contributed by atoms with van der Waals surface area (Å²) in [5.74, 6) is -2.46. The van der Waals surface area contributed by atoms with Gasteiger partial charge in [-0.05, 0) is 34.7 Å². The van der Waals surface area contributed by atoms with Gasteiger partial charge in [0.05, 0.1) is 11.1 Å². The van der Waals surface area contributed by atoms with E-state index in [0.717, 1.165) is 21.7 Å². The van der Waals surface area contributed by atoms with Gasteiger partial charge in [-0.3, -0.25) is 5.32 Å². The number of benzene rings is 1. The number of nitrogens with zero attached hydrogens (tertiary/aromatic N) is 2. The maximum atomic E-state index is 14.4. The lowest BCUT2D eigenvalue weighted by Crippen LogP contribution is -2.22. The second-order valence-electron chi connectivity index (χ2n) is 8.10. The highest BCUT2D eigenvalue weighted by Crippen LogP contribution is 2.36. The molecule has 3 rings (SSSR count). The Morgan fingerprint density at radius 1 is 1.29 bits per heavy atom. The van der Waals surface area contributed by atoms with Crippen molar-refractivity contribution in [3.8, 4) is 11.5 Å². The molecule has 0 saturated carbocycles. The average molecular weight is 561 g/mol. The molecule has 1 amide bonds. The fourth-order valence-electron chi connectivity index (χ4n) is 2.83. The molecule has 0 fully saturated rings. The van der Waals surface area contributed by atoms with E-state index in [9.17, 15) is 13.6 Å². The van der Waals surface area contributed by atoms with Crippen molar-refractivity contribution in [3.05, 3.63) is 45.8 Å². The summed E-state index contributed by atoms with van der Waals surface area (Å²) in [6, 6.07) is 4.26. The van der Waals surface area contributed by atoms with Gasteiger partial charge in [0, 0.05) is 42.8 Å². The number of carbonyl (C=O) groups is 1. The minimum absolute atomic E-state index is 0.229. The third kappa shape index (κ3) is 5.92. The Morgan fingerprint density at radius 3 is 2.58 bits per heavy atom. The molecule has 11 heteroatoms. The molecule has 166 valence electrons. The van der Waals surface area contributed by atoms with Crippen LogP contribution in [0.5, 0.6) is 11.5 Å². The number of hydrogen-bond donors (Lipinski definition) is 2. The van der Waals surface area contributed by atoms with Crippen molar-refractivity contribution in [1.82, 2.24) is 9.55 Å². The van der Waals surface area contributed by atoms with Gasteiger partial charge in [-0.15, -0.1) is 0 Å². The number of amides is 1. The minimum Gasteiger partial charge on any atom is -0.465 e. The summed E-state index contributed by atoms with van der Waals surface area (Å²) < 4.78 is 42.8. The molecule has 0 aliphatic rings. The number of pyridine rings is 1. The van der Waals surface area contributed by atoms with E-state index in [1.807, 2.05) is 16.1 Å². The predicted octanol–water partition coefficient (Wildman–Crippen LogP) is 6.11. The number of ether oxygens (including phenoxy) is 2. The van der Waals surface area contributed by atoms with Crippen molar-refractivity contribution >= 4 is 53.5 Å². The molecule has 0 unspecified atom stereocenters. The monoisotopic (exact) mass is 561 g/mol. The van der Waals surface area contributed by atoms with E-state index < -0.39 is 31.6 Å². The lowest BCUT2D eigenvalue weighted by molar-refractivity contribution is 0.0898. The Hall–Kier alpha value is -2.25. The van der Waals surface area contributed by atoms with Crippen molar-refractivity contribution < 1.29 is 28.2 Å². The van der Waals surface area contributed by atoms with Gasteiger partial charge in [0.2, 0.25) is 0 Å². The fourth-order valence-corrected chi connectivity index (χ4v) is 4.43. The standard InChI is InChI=1S/C20H22F2IN3O4Si/c1-31(2,3)7-6-29-11-26-10-15(23)17-16(4-5-24-19(17)26)30-18-13(21)8-12(9-14(18)22)25-20(27)28/h4-5,8-10,25H,6-7,11H2,1-3H3,(H,27,28). The molecule has 0 aliphatic heterocycles. The first-order chi connectivity index (χ1) is 14.5. The number of aromatic nitrogens is 2. The minimum atomic E-state index is -1.42. The summed E-state index contributed by atoms with van der Waals surface area (Å²) in [6.07, 6.45) is 1.90. The Bertz CT molecular complexity index is 1090. The number of hydrogen-bond acceptors (Lipinski definition) is 4. The van der Waals surface area contributed by atoms with E-state index in [0.29, 0.717) is 24.4 Å². The normalized spacial score (nSPS) is 11.7. The van der Waals surface area contributed by atoms with Crippen LogP contribution in [0.15, 0.2) is 30.6 Å². The zero-order valence-corrected chi connectivity index (χ0v) is 20.4. The van der Waals surface area contributed by atoms with Crippen molar-refractivity contribution in [2.24, 2.45) is 0 Å². The third-order valence-corrected chi connectivity index (χ3v) is 6.88. The topological polar surface area (TPSA) is 85.6 Å². The first-order valence-electron chi connectivity index (χ1n) is 9.43. The Morgan fingerprint density at radius 2 is 1.97 bits per heavy atom. The van der Waals surface area contributed by atoms with Crippen LogP contribution in [0.2, 0.25) is 25.7 Å². The summed E-state index contributed by atoms with van der Waals surface area (Å²) in [7, 11) is -1.20. The Labute approximate surface area is 192 Å². The summed E-state index contributed by atoms with van der Waals surface area (Å²) in [5, 5.41) is 11.2. The maximum absolute atomic E-state index is 14.4. The molecule has 0 bridgehead atoms. The summed E-state index contributed by atoms with van der Waals surface area (Å²) in [4.78, 5) is 15.1. The molecule has 7 nitrogen and oxygen atoms in total. The van der Waals surface area contributed by atoms with Crippen LogP contribution in [0.3, 0.4) is 0 Å². The number of fused-ring (bicyclic) bond motifs is 1. The molecule has 2 N–H and O–H groups in total. The zero-order chi connectivity index (χ0) is 22.8.